The third kappa shape index (κ3) is 5.35. The van der Waals surface area contributed by atoms with Gasteiger partial charge in [0.25, 0.3) is 0 Å². The molecule has 4 nitrogen and oxygen atoms in total. The zero-order valence-electron chi connectivity index (χ0n) is 11.5. The van der Waals surface area contributed by atoms with Gasteiger partial charge in [-0.1, -0.05) is 24.3 Å². The molecule has 1 aliphatic carbocycles. The topological polar surface area (TPSA) is 58.4 Å². The lowest BCUT2D eigenvalue weighted by Gasteiger charge is -2.23. The summed E-state index contributed by atoms with van der Waals surface area (Å²) in [7, 11) is 0. The summed E-state index contributed by atoms with van der Waals surface area (Å²) in [5.74, 6) is 4.70. The van der Waals surface area contributed by atoms with Crippen LogP contribution in [0, 0.1) is 0 Å². The Kier molecular flexibility index (Phi) is 4.84. The van der Waals surface area contributed by atoms with Crippen molar-refractivity contribution in [1.29, 1.82) is 0 Å². The van der Waals surface area contributed by atoms with E-state index in [1.54, 1.807) is 24.3 Å². The highest BCUT2D eigenvalue weighted by Gasteiger charge is 2.37. The molecule has 0 heterocycles. The first-order valence-corrected chi connectivity index (χ1v) is 6.75. The molecule has 21 heavy (non-hydrogen) atoms. The molecule has 0 saturated heterocycles. The fourth-order valence-electron chi connectivity index (χ4n) is 2.22. The Hall–Kier alpha value is -1.60. The van der Waals surface area contributed by atoms with Gasteiger partial charge >= 0.3 is 6.18 Å². The molecule has 1 aliphatic rings. The average Bonchev–Trinajstić information content (AvgIpc) is 3.23. The molecule has 0 bridgehead atoms. The van der Waals surface area contributed by atoms with Crippen molar-refractivity contribution < 1.29 is 18.0 Å². The van der Waals surface area contributed by atoms with Crippen molar-refractivity contribution in [3.8, 4) is 0 Å². The van der Waals surface area contributed by atoms with Crippen LogP contribution in [0.2, 0.25) is 0 Å². The number of carbonyl (C=O) groups excluding carboxylic acids is 1. The van der Waals surface area contributed by atoms with Crippen LogP contribution in [0.3, 0.4) is 0 Å². The molecule has 1 amide bonds. The summed E-state index contributed by atoms with van der Waals surface area (Å²) in [6.45, 7) is -0.609. The van der Waals surface area contributed by atoms with E-state index < -0.39 is 12.7 Å². The fourth-order valence-corrected chi connectivity index (χ4v) is 2.22. The van der Waals surface area contributed by atoms with E-state index in [-0.39, 0.29) is 24.9 Å². The van der Waals surface area contributed by atoms with E-state index in [0.717, 1.165) is 24.0 Å². The van der Waals surface area contributed by atoms with E-state index in [0.29, 0.717) is 0 Å². The lowest BCUT2D eigenvalue weighted by Crippen LogP contribution is -2.35. The van der Waals surface area contributed by atoms with Gasteiger partial charge in [-0.15, -0.1) is 0 Å². The van der Waals surface area contributed by atoms with Gasteiger partial charge in [0.05, 0.1) is 13.0 Å². The first-order valence-electron chi connectivity index (χ1n) is 6.75. The monoisotopic (exact) mass is 301 g/mol. The van der Waals surface area contributed by atoms with Crippen molar-refractivity contribution >= 4 is 5.91 Å². The number of nitrogens with one attached hydrogen (secondary N) is 1. The molecule has 0 aromatic heterocycles. The zero-order valence-corrected chi connectivity index (χ0v) is 11.5. The van der Waals surface area contributed by atoms with Crippen LogP contribution >= 0.6 is 0 Å². The number of hydrazine groups is 1. The predicted molar refractivity (Wildman–Crippen MR) is 72.0 cm³/mol. The lowest BCUT2D eigenvalue weighted by molar-refractivity contribution is -0.148. The molecular weight excluding hydrogens is 283 g/mol. The maximum absolute atomic E-state index is 12.5. The molecule has 3 N–H and O–H groups in total. The van der Waals surface area contributed by atoms with Gasteiger partial charge in [-0.05, 0) is 24.0 Å². The van der Waals surface area contributed by atoms with Crippen LogP contribution in [-0.4, -0.2) is 29.6 Å². The summed E-state index contributed by atoms with van der Waals surface area (Å²) in [4.78, 5) is 12.6. The summed E-state index contributed by atoms with van der Waals surface area (Å²) < 4.78 is 37.6. The number of carbonyl (C=O) groups is 1. The van der Waals surface area contributed by atoms with Crippen LogP contribution in [0.4, 0.5) is 13.2 Å². The predicted octanol–water partition coefficient (Wildman–Crippen LogP) is 1.75. The van der Waals surface area contributed by atoms with E-state index in [9.17, 15) is 18.0 Å². The van der Waals surface area contributed by atoms with Crippen molar-refractivity contribution in [1.82, 2.24) is 10.3 Å². The number of hydrogen-bond acceptors (Lipinski definition) is 3. The number of hydrogen-bond donors (Lipinski definition) is 2. The van der Waals surface area contributed by atoms with E-state index in [1.165, 1.54) is 4.90 Å². The van der Waals surface area contributed by atoms with Crippen LogP contribution in [-0.2, 0) is 17.8 Å². The second kappa shape index (κ2) is 6.44. The molecule has 1 saturated carbocycles. The van der Waals surface area contributed by atoms with Gasteiger partial charge in [0.15, 0.2) is 0 Å². The minimum Gasteiger partial charge on any atom is -0.294 e. The molecule has 0 unspecified atom stereocenters. The van der Waals surface area contributed by atoms with E-state index in [2.05, 4.69) is 0 Å². The van der Waals surface area contributed by atoms with Crippen molar-refractivity contribution in [3.63, 3.8) is 0 Å². The third-order valence-corrected chi connectivity index (χ3v) is 3.38. The van der Waals surface area contributed by atoms with Crippen molar-refractivity contribution in [2.75, 3.05) is 6.54 Å². The molecule has 1 fully saturated rings. The first-order chi connectivity index (χ1) is 9.87. The Labute approximate surface area is 121 Å². The Balaban J connectivity index is 1.96. The van der Waals surface area contributed by atoms with Gasteiger partial charge in [0.2, 0.25) is 5.91 Å². The summed E-state index contributed by atoms with van der Waals surface area (Å²) in [5, 5.41) is 0. The summed E-state index contributed by atoms with van der Waals surface area (Å²) in [6, 6.07) is 7.02. The normalized spacial score (nSPS) is 15.3. The maximum Gasteiger partial charge on any atom is 0.401 e. The second-order valence-electron chi connectivity index (χ2n) is 5.31. The lowest BCUT2D eigenvalue weighted by atomic mass is 10.1. The number of nitrogens with zero attached hydrogens (tertiary/aromatic N) is 1. The molecule has 2 rings (SSSR count). The number of nitrogens with two attached hydrogens (primary N) is 1. The number of rotatable bonds is 6. The summed E-state index contributed by atoms with van der Waals surface area (Å²) in [5.41, 5.74) is 3.62. The van der Waals surface area contributed by atoms with Gasteiger partial charge in [-0.2, -0.15) is 13.2 Å². The maximum atomic E-state index is 12.5. The first kappa shape index (κ1) is 15.8. The number of alkyl halides is 3. The van der Waals surface area contributed by atoms with E-state index >= 15 is 0 Å². The SMILES string of the molecule is NNC(=O)Cc1ccc(CN(CC(F)(F)F)C2CC2)cc1. The van der Waals surface area contributed by atoms with Crippen molar-refractivity contribution in [3.05, 3.63) is 35.4 Å². The minimum atomic E-state index is -4.18. The molecule has 0 atom stereocenters. The molecule has 0 radical (unpaired) electrons. The largest absolute Gasteiger partial charge is 0.401 e. The Morgan fingerprint density at radius 3 is 2.29 bits per heavy atom. The molecule has 7 heteroatoms. The molecular formula is C14H18F3N3O. The molecule has 116 valence electrons. The number of amides is 1. The molecule has 0 spiro atoms. The molecule has 0 aliphatic heterocycles. The summed E-state index contributed by atoms with van der Waals surface area (Å²) in [6.07, 6.45) is -2.37. The van der Waals surface area contributed by atoms with Crippen LogP contribution < -0.4 is 11.3 Å². The Morgan fingerprint density at radius 1 is 1.24 bits per heavy atom. The highest BCUT2D eigenvalue weighted by atomic mass is 19.4. The van der Waals surface area contributed by atoms with E-state index in [4.69, 9.17) is 5.84 Å². The van der Waals surface area contributed by atoms with Gasteiger partial charge in [0, 0.05) is 12.6 Å². The molecule has 1 aromatic carbocycles. The van der Waals surface area contributed by atoms with Crippen LogP contribution in [0.15, 0.2) is 24.3 Å². The Morgan fingerprint density at radius 2 is 1.81 bits per heavy atom. The third-order valence-electron chi connectivity index (χ3n) is 3.38. The summed E-state index contributed by atoms with van der Waals surface area (Å²) >= 11 is 0. The van der Waals surface area contributed by atoms with Crippen molar-refractivity contribution in [2.45, 2.75) is 38.0 Å². The van der Waals surface area contributed by atoms with Crippen LogP contribution in [0.5, 0.6) is 0 Å². The quantitative estimate of drug-likeness (QED) is 0.478. The van der Waals surface area contributed by atoms with Gasteiger partial charge in [-0.25, -0.2) is 5.84 Å². The van der Waals surface area contributed by atoms with Gasteiger partial charge < -0.3 is 0 Å². The minimum absolute atomic E-state index is 0.0364. The smallest absolute Gasteiger partial charge is 0.294 e. The number of halogens is 3. The second-order valence-corrected chi connectivity index (χ2v) is 5.31. The van der Waals surface area contributed by atoms with Crippen LogP contribution in [0.25, 0.3) is 0 Å². The van der Waals surface area contributed by atoms with Crippen molar-refractivity contribution in [2.24, 2.45) is 5.84 Å². The average molecular weight is 301 g/mol. The Bertz CT molecular complexity index is 483. The highest BCUT2D eigenvalue weighted by Crippen LogP contribution is 2.31. The van der Waals surface area contributed by atoms with Gasteiger partial charge in [0.1, 0.15) is 0 Å². The zero-order chi connectivity index (χ0) is 15.5. The number of benzene rings is 1. The molecule has 1 aromatic rings. The van der Waals surface area contributed by atoms with Crippen LogP contribution in [0.1, 0.15) is 24.0 Å². The highest BCUT2D eigenvalue weighted by molar-refractivity contribution is 5.77. The standard InChI is InChI=1S/C14H18F3N3O/c15-14(16,17)9-20(12-5-6-12)8-11-3-1-10(2-4-11)7-13(21)19-18/h1-4,12H,5-9,18H2,(H,19,21). The fraction of sp³-hybridized carbons (Fsp3) is 0.500. The van der Waals surface area contributed by atoms with Gasteiger partial charge in [-0.3, -0.25) is 15.1 Å². The van der Waals surface area contributed by atoms with E-state index in [1.807, 2.05) is 5.43 Å².